The Morgan fingerprint density at radius 1 is 1.19 bits per heavy atom. The third kappa shape index (κ3) is 3.18. The van der Waals surface area contributed by atoms with Crippen molar-refractivity contribution in [3.05, 3.63) is 22.2 Å². The number of anilines is 1. The molecule has 1 heterocycles. The van der Waals surface area contributed by atoms with Crippen LogP contribution in [0.5, 0.6) is 11.5 Å². The van der Waals surface area contributed by atoms with Gasteiger partial charge in [0.15, 0.2) is 5.75 Å². The van der Waals surface area contributed by atoms with Crippen LogP contribution < -0.4 is 14.4 Å². The van der Waals surface area contributed by atoms with Gasteiger partial charge < -0.3 is 19.1 Å². The van der Waals surface area contributed by atoms with E-state index in [-0.39, 0.29) is 23.6 Å². The molecule has 0 unspecified atom stereocenters. The standard InChI is InChI=1S/C14H20N2O5/c1-9-7-15(8-10(2)21-9)11-5-14(20-4)12(16(17)18)6-13(11)19-3/h5-6,9-10H,7-8H2,1-4H3/t9-,10+. The van der Waals surface area contributed by atoms with Crippen molar-refractivity contribution >= 4 is 11.4 Å². The molecule has 7 heteroatoms. The third-order valence-corrected chi connectivity index (χ3v) is 3.44. The van der Waals surface area contributed by atoms with E-state index in [1.165, 1.54) is 20.3 Å². The summed E-state index contributed by atoms with van der Waals surface area (Å²) >= 11 is 0. The van der Waals surface area contributed by atoms with Crippen molar-refractivity contribution in [3.8, 4) is 11.5 Å². The summed E-state index contributed by atoms with van der Waals surface area (Å²) in [5.74, 6) is 0.686. The molecular weight excluding hydrogens is 276 g/mol. The van der Waals surface area contributed by atoms with Crippen molar-refractivity contribution in [2.75, 3.05) is 32.2 Å². The molecule has 0 bridgehead atoms. The highest BCUT2D eigenvalue weighted by atomic mass is 16.6. The maximum Gasteiger partial charge on any atom is 0.314 e. The molecule has 7 nitrogen and oxygen atoms in total. The summed E-state index contributed by atoms with van der Waals surface area (Å²) in [6.45, 7) is 5.39. The SMILES string of the molecule is COc1cc([N+](=O)[O-])c(OC)cc1N1C[C@@H](C)O[C@@H](C)C1. The topological polar surface area (TPSA) is 74.1 Å². The van der Waals surface area contributed by atoms with Crippen molar-refractivity contribution < 1.29 is 19.1 Å². The molecule has 1 aromatic rings. The lowest BCUT2D eigenvalue weighted by Crippen LogP contribution is -2.45. The van der Waals surface area contributed by atoms with Crippen LogP contribution in [0.1, 0.15) is 13.8 Å². The van der Waals surface area contributed by atoms with Crippen LogP contribution in [0.3, 0.4) is 0 Å². The summed E-state index contributed by atoms with van der Waals surface area (Å²) < 4.78 is 16.2. The van der Waals surface area contributed by atoms with Crippen molar-refractivity contribution in [1.82, 2.24) is 0 Å². The summed E-state index contributed by atoms with van der Waals surface area (Å²) in [6, 6.07) is 3.06. The molecule has 0 aromatic heterocycles. The van der Waals surface area contributed by atoms with E-state index >= 15 is 0 Å². The van der Waals surface area contributed by atoms with Gasteiger partial charge in [-0.2, -0.15) is 0 Å². The van der Waals surface area contributed by atoms with Gasteiger partial charge in [0.2, 0.25) is 0 Å². The van der Waals surface area contributed by atoms with Gasteiger partial charge in [-0.05, 0) is 13.8 Å². The van der Waals surface area contributed by atoms with E-state index in [1.54, 1.807) is 6.07 Å². The average Bonchev–Trinajstić information content (AvgIpc) is 2.44. The minimum atomic E-state index is -0.476. The highest BCUT2D eigenvalue weighted by molar-refractivity contribution is 5.68. The molecule has 0 amide bonds. The quantitative estimate of drug-likeness (QED) is 0.626. The van der Waals surface area contributed by atoms with Crippen molar-refractivity contribution in [3.63, 3.8) is 0 Å². The van der Waals surface area contributed by atoms with E-state index in [2.05, 4.69) is 4.90 Å². The predicted molar refractivity (Wildman–Crippen MR) is 78.4 cm³/mol. The highest BCUT2D eigenvalue weighted by Gasteiger charge is 2.27. The first-order valence-corrected chi connectivity index (χ1v) is 6.77. The summed E-state index contributed by atoms with van der Waals surface area (Å²) in [5.41, 5.74) is 0.675. The Morgan fingerprint density at radius 2 is 1.76 bits per heavy atom. The van der Waals surface area contributed by atoms with Gasteiger partial charge in [-0.3, -0.25) is 10.1 Å². The Balaban J connectivity index is 2.44. The molecule has 1 saturated heterocycles. The van der Waals surface area contributed by atoms with Gasteiger partial charge in [-0.25, -0.2) is 0 Å². The Labute approximate surface area is 123 Å². The number of rotatable bonds is 4. The Bertz CT molecular complexity index is 524. The lowest BCUT2D eigenvalue weighted by Gasteiger charge is -2.37. The molecule has 0 aliphatic carbocycles. The number of nitro groups is 1. The van der Waals surface area contributed by atoms with E-state index < -0.39 is 4.92 Å². The fraction of sp³-hybridized carbons (Fsp3) is 0.571. The molecule has 1 aliphatic heterocycles. The van der Waals surface area contributed by atoms with Crippen molar-refractivity contribution in [1.29, 1.82) is 0 Å². The number of benzene rings is 1. The summed E-state index contributed by atoms with van der Waals surface area (Å²) in [5, 5.41) is 11.1. The van der Waals surface area contributed by atoms with Gasteiger partial charge in [0.05, 0.1) is 43.1 Å². The van der Waals surface area contributed by atoms with Crippen molar-refractivity contribution in [2.45, 2.75) is 26.1 Å². The molecule has 0 radical (unpaired) electrons. The molecule has 2 atom stereocenters. The lowest BCUT2D eigenvalue weighted by molar-refractivity contribution is -0.385. The molecule has 0 N–H and O–H groups in total. The maximum atomic E-state index is 11.1. The second-order valence-electron chi connectivity index (χ2n) is 5.12. The number of methoxy groups -OCH3 is 2. The van der Waals surface area contributed by atoms with Gasteiger partial charge in [-0.15, -0.1) is 0 Å². The van der Waals surface area contributed by atoms with E-state index in [1.807, 2.05) is 13.8 Å². The smallest absolute Gasteiger partial charge is 0.314 e. The Hall–Kier alpha value is -2.02. The zero-order chi connectivity index (χ0) is 15.6. The molecule has 21 heavy (non-hydrogen) atoms. The first-order chi connectivity index (χ1) is 9.96. The first kappa shape index (κ1) is 15.4. The number of ether oxygens (including phenoxy) is 3. The monoisotopic (exact) mass is 296 g/mol. The molecule has 0 saturated carbocycles. The van der Waals surface area contributed by atoms with Crippen molar-refractivity contribution in [2.24, 2.45) is 0 Å². The normalized spacial score (nSPS) is 22.0. The van der Waals surface area contributed by atoms with Crippen LogP contribution >= 0.6 is 0 Å². The number of hydrogen-bond acceptors (Lipinski definition) is 6. The maximum absolute atomic E-state index is 11.1. The third-order valence-electron chi connectivity index (χ3n) is 3.44. The fourth-order valence-electron chi connectivity index (χ4n) is 2.63. The number of morpholine rings is 1. The van der Waals surface area contributed by atoms with Gasteiger partial charge >= 0.3 is 5.69 Å². The largest absolute Gasteiger partial charge is 0.494 e. The number of nitro benzene ring substituents is 1. The fourth-order valence-corrected chi connectivity index (χ4v) is 2.63. The zero-order valence-electron chi connectivity index (χ0n) is 12.7. The zero-order valence-corrected chi connectivity index (χ0v) is 12.7. The summed E-state index contributed by atoms with van der Waals surface area (Å²) in [4.78, 5) is 12.7. The summed E-state index contributed by atoms with van der Waals surface area (Å²) in [7, 11) is 2.92. The van der Waals surface area contributed by atoms with Crippen LogP contribution in [0.25, 0.3) is 0 Å². The minimum Gasteiger partial charge on any atom is -0.494 e. The van der Waals surface area contributed by atoms with Crippen LogP contribution in [0.2, 0.25) is 0 Å². The van der Waals surface area contributed by atoms with E-state index in [0.29, 0.717) is 18.8 Å². The van der Waals surface area contributed by atoms with Gasteiger partial charge in [0.1, 0.15) is 5.75 Å². The second kappa shape index (κ2) is 6.17. The van der Waals surface area contributed by atoms with Gasteiger partial charge in [-0.1, -0.05) is 0 Å². The van der Waals surface area contributed by atoms with Gasteiger partial charge in [0, 0.05) is 19.2 Å². The second-order valence-corrected chi connectivity index (χ2v) is 5.12. The summed E-state index contributed by atoms with van der Waals surface area (Å²) in [6.07, 6.45) is 0.166. The van der Waals surface area contributed by atoms with Gasteiger partial charge in [0.25, 0.3) is 0 Å². The first-order valence-electron chi connectivity index (χ1n) is 6.77. The molecule has 1 aliphatic rings. The molecule has 0 spiro atoms. The van der Waals surface area contributed by atoms with Crippen LogP contribution in [0, 0.1) is 10.1 Å². The van der Waals surface area contributed by atoms with Crippen LogP contribution in [-0.4, -0.2) is 44.4 Å². The highest BCUT2D eigenvalue weighted by Crippen LogP contribution is 2.40. The molecule has 1 aromatic carbocycles. The number of hydrogen-bond donors (Lipinski definition) is 0. The molecule has 1 fully saturated rings. The van der Waals surface area contributed by atoms with E-state index in [0.717, 1.165) is 5.69 Å². The van der Waals surface area contributed by atoms with E-state index in [4.69, 9.17) is 14.2 Å². The molecular formula is C14H20N2O5. The van der Waals surface area contributed by atoms with Crippen LogP contribution in [0.4, 0.5) is 11.4 Å². The van der Waals surface area contributed by atoms with Crippen LogP contribution in [0.15, 0.2) is 12.1 Å². The number of nitrogens with zero attached hydrogens (tertiary/aromatic N) is 2. The van der Waals surface area contributed by atoms with Crippen LogP contribution in [-0.2, 0) is 4.74 Å². The molecule has 116 valence electrons. The van der Waals surface area contributed by atoms with E-state index in [9.17, 15) is 10.1 Å². The predicted octanol–water partition coefficient (Wildman–Crippen LogP) is 2.23. The molecule has 2 rings (SSSR count). The Morgan fingerprint density at radius 3 is 2.24 bits per heavy atom. The Kier molecular flexibility index (Phi) is 4.52. The minimum absolute atomic E-state index is 0.0830. The average molecular weight is 296 g/mol. The lowest BCUT2D eigenvalue weighted by atomic mass is 10.1.